The average Bonchev–Trinajstić information content (AvgIpc) is 3.01. The van der Waals surface area contributed by atoms with Gasteiger partial charge in [-0.25, -0.2) is 9.97 Å². The van der Waals surface area contributed by atoms with Crippen LogP contribution >= 0.6 is 0 Å². The lowest BCUT2D eigenvalue weighted by Crippen LogP contribution is -2.55. The summed E-state index contributed by atoms with van der Waals surface area (Å²) in [5.74, 6) is -1.62. The van der Waals surface area contributed by atoms with Crippen LogP contribution in [0.1, 0.15) is 27.4 Å². The van der Waals surface area contributed by atoms with Gasteiger partial charge in [-0.3, -0.25) is 9.89 Å². The van der Waals surface area contributed by atoms with Crippen LogP contribution in [0.4, 0.5) is 19.0 Å². The van der Waals surface area contributed by atoms with Crippen molar-refractivity contribution in [1.82, 2.24) is 25.1 Å². The number of halogens is 3. The number of hydrogen-bond acceptors (Lipinski definition) is 5. The Kier molecular flexibility index (Phi) is 4.84. The zero-order valence-corrected chi connectivity index (χ0v) is 14.4. The molecule has 7 nitrogen and oxygen atoms in total. The molecule has 1 aliphatic heterocycles. The molecule has 0 aromatic carbocycles. The maximum Gasteiger partial charge on any atom is 0.395 e. The fourth-order valence-electron chi connectivity index (χ4n) is 2.63. The number of nitrogens with zero attached hydrogens (tertiary/aromatic N) is 4. The normalized spacial score (nSPS) is 15.0. The largest absolute Gasteiger partial charge is 0.395 e. The van der Waals surface area contributed by atoms with E-state index >= 15 is 0 Å². The number of aryl methyl sites for hydroxylation is 1. The number of H-pyrrole nitrogens is 1. The monoisotopic (exact) mass is 368 g/mol. The predicted molar refractivity (Wildman–Crippen MR) is 87.7 cm³/mol. The first-order valence-corrected chi connectivity index (χ1v) is 8.18. The smallest absolute Gasteiger partial charge is 0.369 e. The third-order valence-corrected chi connectivity index (χ3v) is 4.47. The molecule has 0 bridgehead atoms. The molecule has 2 aromatic heterocycles. The van der Waals surface area contributed by atoms with Crippen molar-refractivity contribution < 1.29 is 18.0 Å². The Hall–Kier alpha value is -2.65. The lowest BCUT2D eigenvalue weighted by Gasteiger charge is -2.39. The minimum Gasteiger partial charge on any atom is -0.369 e. The molecule has 0 saturated carbocycles. The van der Waals surface area contributed by atoms with Gasteiger partial charge < -0.3 is 10.2 Å². The number of carbonyl (C=O) groups is 1. The Morgan fingerprint density at radius 2 is 2.08 bits per heavy atom. The highest BCUT2D eigenvalue weighted by atomic mass is 19.4. The fraction of sp³-hybridized carbons (Fsp3) is 0.500. The van der Waals surface area contributed by atoms with Gasteiger partial charge in [0.05, 0.1) is 12.1 Å². The summed E-state index contributed by atoms with van der Waals surface area (Å²) in [6.07, 6.45) is -0.0619. The molecule has 0 spiro atoms. The van der Waals surface area contributed by atoms with E-state index in [0.717, 1.165) is 16.0 Å². The van der Waals surface area contributed by atoms with Gasteiger partial charge in [0.25, 0.3) is 5.91 Å². The molecule has 2 N–H and O–H groups in total. The highest BCUT2D eigenvalue weighted by molar-refractivity contribution is 5.91. The quantitative estimate of drug-likeness (QED) is 0.844. The van der Waals surface area contributed by atoms with Crippen molar-refractivity contribution in [2.45, 2.75) is 26.4 Å². The summed E-state index contributed by atoms with van der Waals surface area (Å²) in [4.78, 5) is 21.9. The van der Waals surface area contributed by atoms with Gasteiger partial charge in [0.1, 0.15) is 5.82 Å². The maximum atomic E-state index is 12.6. The van der Waals surface area contributed by atoms with Crippen LogP contribution in [-0.4, -0.2) is 56.8 Å². The summed E-state index contributed by atoms with van der Waals surface area (Å²) in [7, 11) is 0. The van der Waals surface area contributed by atoms with E-state index in [2.05, 4.69) is 25.5 Å². The fourth-order valence-corrected chi connectivity index (χ4v) is 2.63. The average molecular weight is 368 g/mol. The standard InChI is InChI=1S/C16H19F3N6O/c1-9-10(2)23-14(15(26)25-7-12(8-25)16(17,18)19)24-13(9)20-4-3-11-5-21-22-6-11/h5-6,12H,3-4,7-8H2,1-2H3,(H,21,22)(H,20,23,24). The molecule has 1 amide bonds. The van der Waals surface area contributed by atoms with Crippen LogP contribution in [0.2, 0.25) is 0 Å². The summed E-state index contributed by atoms with van der Waals surface area (Å²) in [6.45, 7) is 3.45. The summed E-state index contributed by atoms with van der Waals surface area (Å²) < 4.78 is 37.8. The summed E-state index contributed by atoms with van der Waals surface area (Å²) >= 11 is 0. The van der Waals surface area contributed by atoms with E-state index < -0.39 is 18.0 Å². The maximum absolute atomic E-state index is 12.6. The van der Waals surface area contributed by atoms with Crippen molar-refractivity contribution in [3.8, 4) is 0 Å². The van der Waals surface area contributed by atoms with E-state index in [1.54, 1.807) is 19.3 Å². The number of carbonyl (C=O) groups excluding carboxylic acids is 1. The molecule has 3 heterocycles. The van der Waals surface area contributed by atoms with Crippen LogP contribution < -0.4 is 5.32 Å². The predicted octanol–water partition coefficient (Wildman–Crippen LogP) is 2.11. The molecule has 26 heavy (non-hydrogen) atoms. The van der Waals surface area contributed by atoms with Gasteiger partial charge in [0.2, 0.25) is 5.82 Å². The topological polar surface area (TPSA) is 86.8 Å². The van der Waals surface area contributed by atoms with E-state index in [-0.39, 0.29) is 18.9 Å². The Morgan fingerprint density at radius 3 is 2.69 bits per heavy atom. The van der Waals surface area contributed by atoms with Crippen molar-refractivity contribution in [2.24, 2.45) is 5.92 Å². The Labute approximate surface area is 148 Å². The van der Waals surface area contributed by atoms with Crippen molar-refractivity contribution >= 4 is 11.7 Å². The van der Waals surface area contributed by atoms with E-state index in [1.165, 1.54) is 0 Å². The molecule has 1 aliphatic rings. The third-order valence-electron chi connectivity index (χ3n) is 4.47. The number of rotatable bonds is 5. The Bertz CT molecular complexity index is 784. The van der Waals surface area contributed by atoms with E-state index in [4.69, 9.17) is 0 Å². The zero-order chi connectivity index (χ0) is 18.9. The van der Waals surface area contributed by atoms with Gasteiger partial charge in [-0.2, -0.15) is 18.3 Å². The lowest BCUT2D eigenvalue weighted by atomic mass is 9.99. The van der Waals surface area contributed by atoms with Gasteiger partial charge in [-0.05, 0) is 25.8 Å². The third kappa shape index (κ3) is 3.78. The van der Waals surface area contributed by atoms with Crippen LogP contribution in [0.3, 0.4) is 0 Å². The first-order chi connectivity index (χ1) is 12.3. The first kappa shape index (κ1) is 18.2. The number of alkyl halides is 3. The molecule has 3 rings (SSSR count). The number of hydrogen-bond donors (Lipinski definition) is 2. The molecule has 10 heteroatoms. The second-order valence-corrected chi connectivity index (χ2v) is 6.34. The van der Waals surface area contributed by atoms with Crippen molar-refractivity contribution in [3.05, 3.63) is 35.0 Å². The zero-order valence-electron chi connectivity index (χ0n) is 14.4. The Balaban J connectivity index is 1.66. The van der Waals surface area contributed by atoms with Crippen molar-refractivity contribution in [1.29, 1.82) is 0 Å². The minimum absolute atomic E-state index is 0.0838. The number of likely N-dealkylation sites (tertiary alicyclic amines) is 1. The molecule has 0 radical (unpaired) electrons. The summed E-state index contributed by atoms with van der Waals surface area (Å²) in [5.41, 5.74) is 2.43. The van der Waals surface area contributed by atoms with Gasteiger partial charge >= 0.3 is 6.18 Å². The second-order valence-electron chi connectivity index (χ2n) is 6.34. The van der Waals surface area contributed by atoms with Crippen molar-refractivity contribution in [2.75, 3.05) is 25.0 Å². The summed E-state index contributed by atoms with van der Waals surface area (Å²) in [5, 5.41) is 9.75. The summed E-state index contributed by atoms with van der Waals surface area (Å²) in [6, 6.07) is 0. The van der Waals surface area contributed by atoms with Crippen LogP contribution in [-0.2, 0) is 6.42 Å². The van der Waals surface area contributed by atoms with Crippen LogP contribution in [0.25, 0.3) is 0 Å². The van der Waals surface area contributed by atoms with Gasteiger partial charge in [-0.15, -0.1) is 0 Å². The number of amides is 1. The number of nitrogens with one attached hydrogen (secondary N) is 2. The number of aromatic nitrogens is 4. The molecule has 2 aromatic rings. The highest BCUT2D eigenvalue weighted by Gasteiger charge is 2.49. The highest BCUT2D eigenvalue weighted by Crippen LogP contribution is 2.34. The molecule has 1 saturated heterocycles. The molecule has 140 valence electrons. The van der Waals surface area contributed by atoms with E-state index in [9.17, 15) is 18.0 Å². The van der Waals surface area contributed by atoms with Gasteiger partial charge in [0.15, 0.2) is 0 Å². The molecular weight excluding hydrogens is 349 g/mol. The second kappa shape index (κ2) is 6.93. The molecular formula is C16H19F3N6O. The Morgan fingerprint density at radius 1 is 1.35 bits per heavy atom. The van der Waals surface area contributed by atoms with Crippen LogP contribution in [0.15, 0.2) is 12.4 Å². The molecule has 0 aliphatic carbocycles. The van der Waals surface area contributed by atoms with Gasteiger partial charge in [0, 0.05) is 37.1 Å². The molecule has 0 atom stereocenters. The number of anilines is 1. The molecule has 1 fully saturated rings. The van der Waals surface area contributed by atoms with Crippen LogP contribution in [0, 0.1) is 19.8 Å². The van der Waals surface area contributed by atoms with E-state index in [1.807, 2.05) is 6.92 Å². The number of aromatic amines is 1. The van der Waals surface area contributed by atoms with Crippen molar-refractivity contribution in [3.63, 3.8) is 0 Å². The van der Waals surface area contributed by atoms with Crippen LogP contribution in [0.5, 0.6) is 0 Å². The SMILES string of the molecule is Cc1nc(C(=O)N2CC(C(F)(F)F)C2)nc(NCCc2cn[nH]c2)c1C. The lowest BCUT2D eigenvalue weighted by molar-refractivity contribution is -0.202. The van der Waals surface area contributed by atoms with Gasteiger partial charge in [-0.1, -0.05) is 0 Å². The minimum atomic E-state index is -4.28. The first-order valence-electron chi connectivity index (χ1n) is 8.18. The van der Waals surface area contributed by atoms with E-state index in [0.29, 0.717) is 24.5 Å². The molecule has 0 unspecified atom stereocenters.